The summed E-state index contributed by atoms with van der Waals surface area (Å²) in [5, 5.41) is 5.08. The zero-order valence-electron chi connectivity index (χ0n) is 18.4. The van der Waals surface area contributed by atoms with E-state index in [9.17, 15) is 22.4 Å². The quantitative estimate of drug-likeness (QED) is 0.555. The molecular formula is C22H28FN3O5S. The van der Waals surface area contributed by atoms with E-state index in [0.29, 0.717) is 11.1 Å². The van der Waals surface area contributed by atoms with E-state index in [-0.39, 0.29) is 18.0 Å². The maximum absolute atomic E-state index is 13.3. The van der Waals surface area contributed by atoms with E-state index in [1.165, 1.54) is 37.3 Å². The number of carbonyl (C=O) groups is 2. The van der Waals surface area contributed by atoms with Crippen molar-refractivity contribution >= 4 is 22.0 Å². The van der Waals surface area contributed by atoms with Crippen LogP contribution in [0.5, 0.6) is 0 Å². The molecule has 0 saturated carbocycles. The lowest BCUT2D eigenvalue weighted by Gasteiger charge is -2.21. The highest BCUT2D eigenvalue weighted by Gasteiger charge is 2.21. The van der Waals surface area contributed by atoms with Gasteiger partial charge in [0.15, 0.2) is 0 Å². The van der Waals surface area contributed by atoms with Crippen LogP contribution in [0.25, 0.3) is 0 Å². The van der Waals surface area contributed by atoms with Crippen LogP contribution in [-0.2, 0) is 32.6 Å². The highest BCUT2D eigenvalue weighted by Crippen LogP contribution is 2.13. The fraction of sp³-hybridized carbons (Fsp3) is 0.364. The number of ether oxygens (including phenoxy) is 1. The summed E-state index contributed by atoms with van der Waals surface area (Å²) in [7, 11) is -3.84. The Morgan fingerprint density at radius 2 is 1.66 bits per heavy atom. The Morgan fingerprint density at radius 1 is 1.03 bits per heavy atom. The molecular weight excluding hydrogens is 437 g/mol. The maximum Gasteiger partial charge on any atom is 0.408 e. The number of hydrogen-bond donors (Lipinski definition) is 3. The van der Waals surface area contributed by atoms with Crippen LogP contribution in [0.15, 0.2) is 53.4 Å². The molecule has 0 spiro atoms. The van der Waals surface area contributed by atoms with Crippen molar-refractivity contribution in [2.24, 2.45) is 0 Å². The second kappa shape index (κ2) is 10.6. The average molecular weight is 466 g/mol. The predicted octanol–water partition coefficient (Wildman–Crippen LogP) is 2.83. The van der Waals surface area contributed by atoms with Gasteiger partial charge in [0.2, 0.25) is 15.9 Å². The molecule has 3 N–H and O–H groups in total. The van der Waals surface area contributed by atoms with E-state index in [1.54, 1.807) is 39.0 Å². The Kier molecular flexibility index (Phi) is 8.34. The largest absolute Gasteiger partial charge is 0.444 e. The number of sulfonamides is 1. The maximum atomic E-state index is 13.3. The minimum Gasteiger partial charge on any atom is -0.444 e. The van der Waals surface area contributed by atoms with Crippen molar-refractivity contribution in [1.29, 1.82) is 0 Å². The zero-order valence-corrected chi connectivity index (χ0v) is 19.3. The molecule has 0 aliphatic heterocycles. The van der Waals surface area contributed by atoms with Crippen LogP contribution in [0.3, 0.4) is 0 Å². The molecule has 0 heterocycles. The van der Waals surface area contributed by atoms with Gasteiger partial charge < -0.3 is 15.4 Å². The molecule has 0 aliphatic carbocycles. The highest BCUT2D eigenvalue weighted by atomic mass is 32.2. The summed E-state index contributed by atoms with van der Waals surface area (Å²) in [4.78, 5) is 24.0. The SMILES string of the molecule is C[C@@H](NC(=O)OC(C)(C)C)C(=O)NCc1cccc(S(=O)(=O)NCc2cccc(F)c2)c1. The van der Waals surface area contributed by atoms with Crippen molar-refractivity contribution < 1.29 is 27.1 Å². The van der Waals surface area contributed by atoms with Crippen molar-refractivity contribution in [3.8, 4) is 0 Å². The zero-order chi connectivity index (χ0) is 23.9. The highest BCUT2D eigenvalue weighted by molar-refractivity contribution is 7.89. The van der Waals surface area contributed by atoms with Gasteiger partial charge in [0.1, 0.15) is 17.5 Å². The minimum absolute atomic E-state index is 0.0144. The van der Waals surface area contributed by atoms with Crippen LogP contribution in [-0.4, -0.2) is 32.1 Å². The number of benzene rings is 2. The summed E-state index contributed by atoms with van der Waals surface area (Å²) in [5.74, 6) is -0.900. The summed E-state index contributed by atoms with van der Waals surface area (Å²) in [6, 6.07) is 10.9. The molecule has 0 aliphatic rings. The van der Waals surface area contributed by atoms with Gasteiger partial charge >= 0.3 is 6.09 Å². The second-order valence-corrected chi connectivity index (χ2v) is 9.95. The van der Waals surface area contributed by atoms with Crippen LogP contribution in [0.1, 0.15) is 38.8 Å². The van der Waals surface area contributed by atoms with E-state index in [0.717, 1.165) is 0 Å². The minimum atomic E-state index is -3.84. The molecule has 10 heteroatoms. The molecule has 2 aromatic carbocycles. The van der Waals surface area contributed by atoms with E-state index in [1.807, 2.05) is 0 Å². The molecule has 1 atom stereocenters. The normalized spacial score (nSPS) is 12.7. The molecule has 0 saturated heterocycles. The van der Waals surface area contributed by atoms with Crippen LogP contribution in [0, 0.1) is 5.82 Å². The summed E-state index contributed by atoms with van der Waals surface area (Å²) in [6.45, 7) is 6.65. The van der Waals surface area contributed by atoms with Gasteiger partial charge in [0.25, 0.3) is 0 Å². The Hall–Kier alpha value is -2.98. The monoisotopic (exact) mass is 465 g/mol. The molecule has 174 valence electrons. The Balaban J connectivity index is 1.94. The molecule has 0 fully saturated rings. The molecule has 2 amide bonds. The van der Waals surface area contributed by atoms with Crippen LogP contribution < -0.4 is 15.4 Å². The standard InChI is InChI=1S/C22H28FN3O5S/c1-15(26-21(28)31-22(2,3)4)20(27)24-13-17-8-6-10-19(12-17)32(29,30)25-14-16-7-5-9-18(23)11-16/h5-12,15,25H,13-14H2,1-4H3,(H,24,27)(H,26,28)/t15-/m1/s1. The van der Waals surface area contributed by atoms with E-state index >= 15 is 0 Å². The first-order chi connectivity index (χ1) is 14.9. The third-order valence-electron chi connectivity index (χ3n) is 4.16. The number of carbonyl (C=O) groups excluding carboxylic acids is 2. The molecule has 2 aromatic rings. The number of rotatable bonds is 8. The fourth-order valence-electron chi connectivity index (χ4n) is 2.62. The van der Waals surface area contributed by atoms with Crippen LogP contribution in [0.2, 0.25) is 0 Å². The first kappa shape index (κ1) is 25.3. The lowest BCUT2D eigenvalue weighted by atomic mass is 10.2. The number of nitrogens with one attached hydrogen (secondary N) is 3. The van der Waals surface area contributed by atoms with Crippen LogP contribution >= 0.6 is 0 Å². The molecule has 8 nitrogen and oxygen atoms in total. The van der Waals surface area contributed by atoms with Gasteiger partial charge in [-0.3, -0.25) is 4.79 Å². The van der Waals surface area contributed by atoms with Gasteiger partial charge in [-0.15, -0.1) is 0 Å². The lowest BCUT2D eigenvalue weighted by molar-refractivity contribution is -0.122. The van der Waals surface area contributed by atoms with E-state index in [2.05, 4.69) is 15.4 Å². The van der Waals surface area contributed by atoms with E-state index in [4.69, 9.17) is 4.74 Å². The van der Waals surface area contributed by atoms with Gasteiger partial charge in [0, 0.05) is 13.1 Å². The molecule has 0 unspecified atom stereocenters. The molecule has 32 heavy (non-hydrogen) atoms. The topological polar surface area (TPSA) is 114 Å². The Labute approximate surface area is 187 Å². The van der Waals surface area contributed by atoms with Gasteiger partial charge in [-0.05, 0) is 63.1 Å². The Bertz CT molecular complexity index is 1070. The van der Waals surface area contributed by atoms with Gasteiger partial charge in [0.05, 0.1) is 4.90 Å². The number of hydrogen-bond acceptors (Lipinski definition) is 5. The summed E-state index contributed by atoms with van der Waals surface area (Å²) in [5.41, 5.74) is 0.356. The average Bonchev–Trinajstić information content (AvgIpc) is 2.69. The van der Waals surface area contributed by atoms with Gasteiger partial charge in [-0.2, -0.15) is 0 Å². The second-order valence-electron chi connectivity index (χ2n) is 8.19. The number of amides is 2. The first-order valence-electron chi connectivity index (χ1n) is 9.96. The number of halogens is 1. The van der Waals surface area contributed by atoms with E-state index < -0.39 is 39.5 Å². The predicted molar refractivity (Wildman–Crippen MR) is 118 cm³/mol. The first-order valence-corrected chi connectivity index (χ1v) is 11.4. The van der Waals surface area contributed by atoms with Crippen molar-refractivity contribution in [2.75, 3.05) is 0 Å². The van der Waals surface area contributed by atoms with Crippen molar-refractivity contribution in [1.82, 2.24) is 15.4 Å². The lowest BCUT2D eigenvalue weighted by Crippen LogP contribution is -2.46. The third-order valence-corrected chi connectivity index (χ3v) is 5.56. The summed E-state index contributed by atoms with van der Waals surface area (Å²) < 4.78 is 45.9. The smallest absolute Gasteiger partial charge is 0.408 e. The van der Waals surface area contributed by atoms with Gasteiger partial charge in [-0.1, -0.05) is 24.3 Å². The molecule has 0 radical (unpaired) electrons. The molecule has 0 bridgehead atoms. The molecule has 2 rings (SSSR count). The van der Waals surface area contributed by atoms with Crippen molar-refractivity contribution in [3.05, 3.63) is 65.5 Å². The van der Waals surface area contributed by atoms with Crippen molar-refractivity contribution in [2.45, 2.75) is 57.3 Å². The fourth-order valence-corrected chi connectivity index (χ4v) is 3.71. The van der Waals surface area contributed by atoms with Gasteiger partial charge in [-0.25, -0.2) is 22.3 Å². The molecule has 0 aromatic heterocycles. The van der Waals surface area contributed by atoms with Crippen molar-refractivity contribution in [3.63, 3.8) is 0 Å². The summed E-state index contributed by atoms with van der Waals surface area (Å²) >= 11 is 0. The van der Waals surface area contributed by atoms with Crippen LogP contribution in [0.4, 0.5) is 9.18 Å². The third kappa shape index (κ3) is 8.27. The number of alkyl carbamates (subject to hydrolysis) is 1. The Morgan fingerprint density at radius 3 is 2.28 bits per heavy atom. The summed E-state index contributed by atoms with van der Waals surface area (Å²) in [6.07, 6.45) is -0.711.